The molecule has 0 saturated carbocycles. The number of hydrogen-bond acceptors (Lipinski definition) is 3. The van der Waals surface area contributed by atoms with E-state index in [1.54, 1.807) is 12.4 Å². The predicted molar refractivity (Wildman–Crippen MR) is 81.0 cm³/mol. The highest BCUT2D eigenvalue weighted by atomic mass is 35.5. The van der Waals surface area contributed by atoms with Crippen LogP contribution in [0.4, 0.5) is 5.69 Å². The third kappa shape index (κ3) is 3.21. The predicted octanol–water partition coefficient (Wildman–Crippen LogP) is 3.21. The number of hydrogen-bond donors (Lipinski definition) is 2. The van der Waals surface area contributed by atoms with E-state index in [9.17, 15) is 4.79 Å². The molecule has 104 valence electrons. The minimum absolute atomic E-state index is 0.258. The maximum Gasteiger partial charge on any atom is 0.251 e. The Labute approximate surface area is 126 Å². The second kappa shape index (κ2) is 6.11. The molecular weight excluding hydrogens is 297 g/mol. The van der Waals surface area contributed by atoms with Crippen LogP contribution in [0.1, 0.15) is 21.5 Å². The van der Waals surface area contributed by atoms with E-state index in [0.29, 0.717) is 12.1 Å². The zero-order valence-corrected chi connectivity index (χ0v) is 12.3. The summed E-state index contributed by atoms with van der Waals surface area (Å²) in [7, 11) is 0. The lowest BCUT2D eigenvalue weighted by molar-refractivity contribution is 0.0951. The molecule has 0 aliphatic heterocycles. The molecule has 1 aromatic carbocycles. The van der Waals surface area contributed by atoms with Crippen molar-refractivity contribution in [3.8, 4) is 0 Å². The van der Waals surface area contributed by atoms with E-state index in [1.165, 1.54) is 12.1 Å². The first-order chi connectivity index (χ1) is 9.49. The fraction of sp³-hybridized carbons (Fsp3) is 0.143. The summed E-state index contributed by atoms with van der Waals surface area (Å²) in [6.07, 6.45) is 3.43. The van der Waals surface area contributed by atoms with Gasteiger partial charge in [-0.1, -0.05) is 23.2 Å². The van der Waals surface area contributed by atoms with Crippen LogP contribution in [0.5, 0.6) is 0 Å². The topological polar surface area (TPSA) is 68.0 Å². The van der Waals surface area contributed by atoms with Crippen molar-refractivity contribution >= 4 is 34.8 Å². The van der Waals surface area contributed by atoms with Crippen molar-refractivity contribution in [2.45, 2.75) is 13.5 Å². The van der Waals surface area contributed by atoms with Crippen LogP contribution in [-0.2, 0) is 6.54 Å². The van der Waals surface area contributed by atoms with Crippen molar-refractivity contribution in [2.75, 3.05) is 5.73 Å². The Hall–Kier alpha value is -1.78. The van der Waals surface area contributed by atoms with E-state index in [4.69, 9.17) is 28.9 Å². The van der Waals surface area contributed by atoms with Crippen molar-refractivity contribution in [2.24, 2.45) is 0 Å². The smallest absolute Gasteiger partial charge is 0.251 e. The molecule has 0 bridgehead atoms. The number of aromatic nitrogens is 1. The summed E-state index contributed by atoms with van der Waals surface area (Å²) in [5.74, 6) is -0.258. The minimum atomic E-state index is -0.258. The van der Waals surface area contributed by atoms with Gasteiger partial charge >= 0.3 is 0 Å². The zero-order valence-electron chi connectivity index (χ0n) is 10.8. The van der Waals surface area contributed by atoms with Crippen molar-refractivity contribution in [3.63, 3.8) is 0 Å². The second-order valence-corrected chi connectivity index (χ2v) is 5.13. The van der Waals surface area contributed by atoms with E-state index >= 15 is 0 Å². The SMILES string of the molecule is Cc1cnccc1CNC(=O)c1cc(N)c(Cl)c(Cl)c1. The van der Waals surface area contributed by atoms with Gasteiger partial charge < -0.3 is 11.1 Å². The van der Waals surface area contributed by atoms with Crippen LogP contribution in [0, 0.1) is 6.92 Å². The fourth-order valence-corrected chi connectivity index (χ4v) is 2.06. The third-order valence-electron chi connectivity index (χ3n) is 2.89. The first kappa shape index (κ1) is 14.6. The van der Waals surface area contributed by atoms with Gasteiger partial charge in [0, 0.05) is 24.5 Å². The first-order valence-electron chi connectivity index (χ1n) is 5.91. The van der Waals surface area contributed by atoms with Crippen LogP contribution < -0.4 is 11.1 Å². The number of anilines is 1. The van der Waals surface area contributed by atoms with E-state index in [2.05, 4.69) is 10.3 Å². The first-order valence-corrected chi connectivity index (χ1v) is 6.67. The number of amides is 1. The molecule has 1 aromatic heterocycles. The van der Waals surface area contributed by atoms with Gasteiger partial charge in [0.15, 0.2) is 0 Å². The Morgan fingerprint density at radius 1 is 1.40 bits per heavy atom. The molecule has 0 aliphatic rings. The number of carbonyl (C=O) groups is 1. The van der Waals surface area contributed by atoms with Gasteiger partial charge in [-0.2, -0.15) is 0 Å². The van der Waals surface area contributed by atoms with Crippen LogP contribution in [0.25, 0.3) is 0 Å². The summed E-state index contributed by atoms with van der Waals surface area (Å²) in [6, 6.07) is 4.86. The van der Waals surface area contributed by atoms with E-state index < -0.39 is 0 Å². The fourth-order valence-electron chi connectivity index (χ4n) is 1.72. The number of rotatable bonds is 3. The molecule has 0 fully saturated rings. The zero-order chi connectivity index (χ0) is 14.7. The highest BCUT2D eigenvalue weighted by Gasteiger charge is 2.11. The van der Waals surface area contributed by atoms with Crippen LogP contribution >= 0.6 is 23.2 Å². The standard InChI is InChI=1S/C14H13Cl2N3O/c1-8-6-18-3-2-9(8)7-19-14(20)10-4-11(15)13(16)12(17)5-10/h2-6H,7,17H2,1H3,(H,19,20). The molecule has 2 aromatic rings. The van der Waals surface area contributed by atoms with Crippen molar-refractivity contribution in [1.82, 2.24) is 10.3 Å². The average molecular weight is 310 g/mol. The lowest BCUT2D eigenvalue weighted by atomic mass is 10.1. The Balaban J connectivity index is 2.11. The molecular formula is C14H13Cl2N3O. The number of halogens is 2. The molecule has 0 spiro atoms. The average Bonchev–Trinajstić information content (AvgIpc) is 2.43. The highest BCUT2D eigenvalue weighted by molar-refractivity contribution is 6.43. The number of nitrogens with two attached hydrogens (primary N) is 1. The molecule has 0 atom stereocenters. The normalized spacial score (nSPS) is 10.3. The molecule has 4 nitrogen and oxygen atoms in total. The molecule has 1 amide bonds. The van der Waals surface area contributed by atoms with E-state index in [-0.39, 0.29) is 21.6 Å². The minimum Gasteiger partial charge on any atom is -0.397 e. The Morgan fingerprint density at radius 2 is 2.15 bits per heavy atom. The molecule has 0 aliphatic carbocycles. The van der Waals surface area contributed by atoms with Crippen LogP contribution in [0.2, 0.25) is 10.0 Å². The Kier molecular flexibility index (Phi) is 4.47. The molecule has 20 heavy (non-hydrogen) atoms. The van der Waals surface area contributed by atoms with Crippen LogP contribution in [0.3, 0.4) is 0 Å². The number of aryl methyl sites for hydroxylation is 1. The van der Waals surface area contributed by atoms with Crippen molar-refractivity contribution < 1.29 is 4.79 Å². The number of nitrogens with zero attached hydrogens (tertiary/aromatic N) is 1. The molecule has 2 rings (SSSR count). The van der Waals surface area contributed by atoms with Gasteiger partial charge in [0.25, 0.3) is 5.91 Å². The third-order valence-corrected chi connectivity index (χ3v) is 3.71. The van der Waals surface area contributed by atoms with Crippen LogP contribution in [0.15, 0.2) is 30.6 Å². The van der Waals surface area contributed by atoms with Gasteiger partial charge in [-0.3, -0.25) is 9.78 Å². The van der Waals surface area contributed by atoms with Gasteiger partial charge in [0.05, 0.1) is 15.7 Å². The maximum absolute atomic E-state index is 12.1. The lowest BCUT2D eigenvalue weighted by Gasteiger charge is -2.09. The van der Waals surface area contributed by atoms with Gasteiger partial charge in [-0.25, -0.2) is 0 Å². The maximum atomic E-state index is 12.1. The number of benzene rings is 1. The second-order valence-electron chi connectivity index (χ2n) is 4.35. The van der Waals surface area contributed by atoms with E-state index in [0.717, 1.165) is 11.1 Å². The molecule has 0 unspecified atom stereocenters. The molecule has 6 heteroatoms. The molecule has 0 saturated heterocycles. The Bertz CT molecular complexity index is 636. The molecule has 1 heterocycles. The summed E-state index contributed by atoms with van der Waals surface area (Å²) in [4.78, 5) is 16.1. The van der Waals surface area contributed by atoms with Gasteiger partial charge in [-0.15, -0.1) is 0 Å². The number of carbonyl (C=O) groups excluding carboxylic acids is 1. The summed E-state index contributed by atoms with van der Waals surface area (Å²) in [5, 5.41) is 3.32. The van der Waals surface area contributed by atoms with Gasteiger partial charge in [-0.05, 0) is 36.2 Å². The summed E-state index contributed by atoms with van der Waals surface area (Å²) in [6.45, 7) is 2.35. The summed E-state index contributed by atoms with van der Waals surface area (Å²) >= 11 is 11.8. The Morgan fingerprint density at radius 3 is 2.80 bits per heavy atom. The van der Waals surface area contributed by atoms with Gasteiger partial charge in [0.1, 0.15) is 0 Å². The van der Waals surface area contributed by atoms with Crippen LogP contribution in [-0.4, -0.2) is 10.9 Å². The van der Waals surface area contributed by atoms with Crippen molar-refractivity contribution in [3.05, 3.63) is 57.3 Å². The van der Waals surface area contributed by atoms with E-state index in [1.807, 2.05) is 13.0 Å². The van der Waals surface area contributed by atoms with Crippen molar-refractivity contribution in [1.29, 1.82) is 0 Å². The molecule has 3 N–H and O–H groups in total. The monoisotopic (exact) mass is 309 g/mol. The summed E-state index contributed by atoms with van der Waals surface area (Å²) in [5.41, 5.74) is 8.36. The largest absolute Gasteiger partial charge is 0.397 e. The lowest BCUT2D eigenvalue weighted by Crippen LogP contribution is -2.23. The van der Waals surface area contributed by atoms with Gasteiger partial charge in [0.2, 0.25) is 0 Å². The molecule has 0 radical (unpaired) electrons. The quantitative estimate of drug-likeness (QED) is 0.855. The number of pyridine rings is 1. The number of nitrogens with one attached hydrogen (secondary N) is 1. The summed E-state index contributed by atoms with van der Waals surface area (Å²) < 4.78 is 0. The number of nitrogen functional groups attached to an aromatic ring is 1. The highest BCUT2D eigenvalue weighted by Crippen LogP contribution is 2.29.